The Morgan fingerprint density at radius 3 is 2.76 bits per heavy atom. The highest BCUT2D eigenvalue weighted by Gasteiger charge is 2.62. The first-order chi connectivity index (χ1) is 11.9. The second-order valence-electron chi connectivity index (χ2n) is 8.21. The van der Waals surface area contributed by atoms with E-state index in [4.69, 9.17) is 9.47 Å². The van der Waals surface area contributed by atoms with Crippen LogP contribution in [-0.4, -0.2) is 23.7 Å². The number of hydrogen-bond acceptors (Lipinski definition) is 4. The van der Waals surface area contributed by atoms with Crippen molar-refractivity contribution < 1.29 is 14.3 Å². The Kier molecular flexibility index (Phi) is 3.75. The van der Waals surface area contributed by atoms with Gasteiger partial charge in [0.2, 0.25) is 0 Å². The van der Waals surface area contributed by atoms with Crippen molar-refractivity contribution in [2.24, 2.45) is 16.7 Å². The molecule has 2 saturated carbocycles. The van der Waals surface area contributed by atoms with Gasteiger partial charge in [0.05, 0.1) is 0 Å². The van der Waals surface area contributed by atoms with Gasteiger partial charge in [-0.2, -0.15) is 0 Å². The smallest absolute Gasteiger partial charge is 0.344 e. The van der Waals surface area contributed by atoms with Crippen molar-refractivity contribution in [3.05, 3.63) is 36.5 Å². The van der Waals surface area contributed by atoms with E-state index in [1.54, 1.807) is 6.20 Å². The predicted octanol–water partition coefficient (Wildman–Crippen LogP) is 4.37. The maximum atomic E-state index is 12.4. The van der Waals surface area contributed by atoms with Crippen molar-refractivity contribution >= 4 is 16.9 Å². The van der Waals surface area contributed by atoms with Crippen LogP contribution in [-0.2, 0) is 9.53 Å². The molecule has 0 N–H and O–H groups in total. The molecule has 2 aromatic rings. The number of rotatable bonds is 4. The van der Waals surface area contributed by atoms with E-state index in [2.05, 4.69) is 25.8 Å². The molecule has 4 rings (SSSR count). The number of carbonyl (C=O) groups excluding carboxylic acids is 1. The molecular formula is C21H25NO3. The van der Waals surface area contributed by atoms with E-state index in [9.17, 15) is 4.79 Å². The number of pyridine rings is 1. The minimum Gasteiger partial charge on any atom is -0.480 e. The molecule has 0 radical (unpaired) electrons. The van der Waals surface area contributed by atoms with Crippen LogP contribution < -0.4 is 4.74 Å². The quantitative estimate of drug-likeness (QED) is 0.776. The van der Waals surface area contributed by atoms with Gasteiger partial charge in [-0.05, 0) is 42.7 Å². The first-order valence-corrected chi connectivity index (χ1v) is 9.08. The minimum absolute atomic E-state index is 0.00277. The molecule has 2 aliphatic rings. The highest BCUT2D eigenvalue weighted by Crippen LogP contribution is 2.66. The van der Waals surface area contributed by atoms with Crippen LogP contribution in [0.25, 0.3) is 10.9 Å². The average Bonchev–Trinajstić information content (AvgIpc) is 2.93. The zero-order chi connectivity index (χ0) is 17.7. The van der Waals surface area contributed by atoms with E-state index in [0.29, 0.717) is 11.7 Å². The molecule has 2 fully saturated rings. The van der Waals surface area contributed by atoms with Crippen molar-refractivity contribution in [1.29, 1.82) is 0 Å². The van der Waals surface area contributed by atoms with Crippen molar-refractivity contribution in [3.8, 4) is 5.75 Å². The molecule has 4 nitrogen and oxygen atoms in total. The maximum Gasteiger partial charge on any atom is 0.344 e. The van der Waals surface area contributed by atoms with E-state index < -0.39 is 0 Å². The summed E-state index contributed by atoms with van der Waals surface area (Å²) in [5.41, 5.74) is 1.08. The molecular weight excluding hydrogens is 314 g/mol. The minimum atomic E-state index is -0.289. The first-order valence-electron chi connectivity index (χ1n) is 9.08. The summed E-state index contributed by atoms with van der Waals surface area (Å²) in [6.45, 7) is 6.83. The average molecular weight is 339 g/mol. The number of fused-ring (bicyclic) bond motifs is 3. The summed E-state index contributed by atoms with van der Waals surface area (Å²) >= 11 is 0. The third kappa shape index (κ3) is 2.50. The molecule has 1 aromatic carbocycles. The Balaban J connectivity index is 1.42. The van der Waals surface area contributed by atoms with Gasteiger partial charge in [0.15, 0.2) is 6.61 Å². The lowest BCUT2D eigenvalue weighted by Crippen LogP contribution is -2.39. The van der Waals surface area contributed by atoms with E-state index in [-0.39, 0.29) is 29.5 Å². The third-order valence-corrected chi connectivity index (χ3v) is 6.93. The zero-order valence-corrected chi connectivity index (χ0v) is 15.1. The molecule has 3 atom stereocenters. The molecule has 0 saturated heterocycles. The predicted molar refractivity (Wildman–Crippen MR) is 96.3 cm³/mol. The van der Waals surface area contributed by atoms with Gasteiger partial charge in [-0.25, -0.2) is 4.79 Å². The number of para-hydroxylation sites is 1. The molecule has 132 valence electrons. The van der Waals surface area contributed by atoms with Crippen molar-refractivity contribution in [2.45, 2.75) is 46.1 Å². The maximum absolute atomic E-state index is 12.4. The number of hydrogen-bond donors (Lipinski definition) is 0. The molecule has 1 aromatic heterocycles. The molecule has 0 unspecified atom stereocenters. The number of nitrogens with zero attached hydrogens (tertiary/aromatic N) is 1. The van der Waals surface area contributed by atoms with Gasteiger partial charge in [0, 0.05) is 17.0 Å². The van der Waals surface area contributed by atoms with Crippen LogP contribution in [0, 0.1) is 16.7 Å². The van der Waals surface area contributed by atoms with Gasteiger partial charge in [-0.3, -0.25) is 4.98 Å². The summed E-state index contributed by atoms with van der Waals surface area (Å²) < 4.78 is 11.6. The van der Waals surface area contributed by atoms with Crippen molar-refractivity contribution in [1.82, 2.24) is 4.98 Å². The molecule has 1 heterocycles. The Bertz CT molecular complexity index is 810. The van der Waals surface area contributed by atoms with Crippen LogP contribution >= 0.6 is 0 Å². The van der Waals surface area contributed by atoms with Gasteiger partial charge < -0.3 is 9.47 Å². The van der Waals surface area contributed by atoms with E-state index >= 15 is 0 Å². The van der Waals surface area contributed by atoms with Gasteiger partial charge in [0.25, 0.3) is 0 Å². The zero-order valence-electron chi connectivity index (χ0n) is 15.1. The van der Waals surface area contributed by atoms with Crippen molar-refractivity contribution in [3.63, 3.8) is 0 Å². The number of ether oxygens (including phenoxy) is 2. The number of carbonyl (C=O) groups is 1. The molecule has 25 heavy (non-hydrogen) atoms. The summed E-state index contributed by atoms with van der Waals surface area (Å²) in [6.07, 6.45) is 5.09. The lowest BCUT2D eigenvalue weighted by Gasteiger charge is -2.38. The molecule has 0 amide bonds. The van der Waals surface area contributed by atoms with E-state index in [1.807, 2.05) is 30.3 Å². The van der Waals surface area contributed by atoms with E-state index in [1.165, 1.54) is 6.42 Å². The van der Waals surface area contributed by atoms with E-state index in [0.717, 1.165) is 23.7 Å². The molecule has 2 aliphatic carbocycles. The Morgan fingerprint density at radius 1 is 1.24 bits per heavy atom. The normalized spacial score (nSPS) is 29.7. The lowest BCUT2D eigenvalue weighted by atomic mass is 9.70. The first kappa shape index (κ1) is 16.4. The molecule has 0 spiro atoms. The SMILES string of the molecule is CC1(C)[C@H]2CC[C@]1(C)[C@H](OC(=O)COc1cccc3cccnc13)C2. The second-order valence-corrected chi connectivity index (χ2v) is 8.21. The van der Waals surface area contributed by atoms with Crippen LogP contribution in [0.4, 0.5) is 0 Å². The van der Waals surface area contributed by atoms with Crippen LogP contribution in [0.1, 0.15) is 40.0 Å². The summed E-state index contributed by atoms with van der Waals surface area (Å²) in [6, 6.07) is 9.59. The molecule has 2 bridgehead atoms. The van der Waals surface area contributed by atoms with Gasteiger partial charge in [-0.1, -0.05) is 39.0 Å². The fraction of sp³-hybridized carbons (Fsp3) is 0.524. The topological polar surface area (TPSA) is 48.4 Å². The highest BCUT2D eigenvalue weighted by molar-refractivity contribution is 5.84. The second kappa shape index (κ2) is 5.72. The number of aromatic nitrogens is 1. The number of esters is 1. The van der Waals surface area contributed by atoms with Crippen LogP contribution in [0.3, 0.4) is 0 Å². The van der Waals surface area contributed by atoms with Gasteiger partial charge in [-0.15, -0.1) is 0 Å². The van der Waals surface area contributed by atoms with Crippen LogP contribution in [0.15, 0.2) is 36.5 Å². The molecule has 0 aliphatic heterocycles. The Morgan fingerprint density at radius 2 is 2.04 bits per heavy atom. The Labute approximate surface area is 148 Å². The summed E-state index contributed by atoms with van der Waals surface area (Å²) in [5, 5.41) is 0.996. The summed E-state index contributed by atoms with van der Waals surface area (Å²) in [7, 11) is 0. The van der Waals surface area contributed by atoms with Gasteiger partial charge >= 0.3 is 5.97 Å². The molecule has 4 heteroatoms. The standard InChI is InChI=1S/C21H25NO3/c1-20(2)15-9-10-21(20,3)17(12-15)25-18(23)13-24-16-8-4-6-14-7-5-11-22-19(14)16/h4-8,11,15,17H,9-10,12-13H2,1-3H3/t15-,17+,21+/m0/s1. The van der Waals surface area contributed by atoms with Crippen LogP contribution in [0.5, 0.6) is 5.75 Å². The third-order valence-electron chi connectivity index (χ3n) is 6.93. The largest absolute Gasteiger partial charge is 0.480 e. The summed E-state index contributed by atoms with van der Waals surface area (Å²) in [4.78, 5) is 16.7. The fourth-order valence-corrected chi connectivity index (χ4v) is 4.83. The lowest BCUT2D eigenvalue weighted by molar-refractivity contribution is -0.159. The highest BCUT2D eigenvalue weighted by atomic mass is 16.6. The monoisotopic (exact) mass is 339 g/mol. The van der Waals surface area contributed by atoms with Gasteiger partial charge in [0.1, 0.15) is 17.4 Å². The summed E-state index contributed by atoms with van der Waals surface area (Å²) in [5.74, 6) is 0.982. The number of benzene rings is 1. The fourth-order valence-electron chi connectivity index (χ4n) is 4.83. The Hall–Kier alpha value is -2.10. The van der Waals surface area contributed by atoms with Crippen LogP contribution in [0.2, 0.25) is 0 Å². The van der Waals surface area contributed by atoms with Crippen molar-refractivity contribution in [2.75, 3.05) is 6.61 Å².